The van der Waals surface area contributed by atoms with E-state index in [9.17, 15) is 0 Å². The monoisotopic (exact) mass is 503 g/mol. The van der Waals surface area contributed by atoms with Crippen molar-refractivity contribution in [1.82, 2.24) is 14.3 Å². The van der Waals surface area contributed by atoms with Gasteiger partial charge < -0.3 is 13.7 Å². The molecular formula is C35H25N3O. The molecule has 8 rings (SSSR count). The SMILES string of the molecule is Cc1noc(C)c1-c1cc(-n2c3ccccc3c3ccccc32)cc(-n2c3ccccc3c3ccccc32)c1. The number of rotatable bonds is 3. The molecule has 4 nitrogen and oxygen atoms in total. The Morgan fingerprint density at radius 3 is 1.26 bits per heavy atom. The van der Waals surface area contributed by atoms with E-state index in [0.29, 0.717) is 0 Å². The van der Waals surface area contributed by atoms with Crippen molar-refractivity contribution in [3.05, 3.63) is 127 Å². The van der Waals surface area contributed by atoms with Crippen molar-refractivity contribution in [2.45, 2.75) is 13.8 Å². The van der Waals surface area contributed by atoms with Gasteiger partial charge in [0, 0.05) is 38.5 Å². The second-order valence-electron chi connectivity index (χ2n) is 10.2. The van der Waals surface area contributed by atoms with Crippen LogP contribution in [0.25, 0.3) is 66.1 Å². The number of aryl methyl sites for hydroxylation is 2. The fourth-order valence-electron chi connectivity index (χ4n) is 6.29. The fourth-order valence-corrected chi connectivity index (χ4v) is 6.29. The summed E-state index contributed by atoms with van der Waals surface area (Å²) in [5.41, 5.74) is 9.95. The summed E-state index contributed by atoms with van der Waals surface area (Å²) in [4.78, 5) is 0. The van der Waals surface area contributed by atoms with Crippen LogP contribution in [0, 0.1) is 13.8 Å². The van der Waals surface area contributed by atoms with E-state index in [4.69, 9.17) is 4.52 Å². The van der Waals surface area contributed by atoms with Gasteiger partial charge in [-0.25, -0.2) is 0 Å². The van der Waals surface area contributed by atoms with Crippen molar-refractivity contribution in [2.24, 2.45) is 0 Å². The van der Waals surface area contributed by atoms with E-state index in [0.717, 1.165) is 34.0 Å². The second kappa shape index (κ2) is 8.20. The van der Waals surface area contributed by atoms with Gasteiger partial charge in [0.15, 0.2) is 0 Å². The van der Waals surface area contributed by atoms with Crippen molar-refractivity contribution in [3.8, 4) is 22.5 Å². The van der Waals surface area contributed by atoms with E-state index >= 15 is 0 Å². The molecule has 0 spiro atoms. The van der Waals surface area contributed by atoms with Gasteiger partial charge in [-0.1, -0.05) is 78.0 Å². The highest BCUT2D eigenvalue weighted by Gasteiger charge is 2.19. The van der Waals surface area contributed by atoms with Gasteiger partial charge in [0.05, 0.1) is 27.8 Å². The maximum atomic E-state index is 5.63. The van der Waals surface area contributed by atoms with Gasteiger partial charge in [0.25, 0.3) is 0 Å². The lowest BCUT2D eigenvalue weighted by Crippen LogP contribution is -2.00. The van der Waals surface area contributed by atoms with Crippen LogP contribution in [0.15, 0.2) is 120 Å². The lowest BCUT2D eigenvalue weighted by atomic mass is 10.0. The summed E-state index contributed by atoms with van der Waals surface area (Å²) >= 11 is 0. The van der Waals surface area contributed by atoms with Crippen LogP contribution in [0.2, 0.25) is 0 Å². The Kier molecular flexibility index (Phi) is 4.62. The highest BCUT2D eigenvalue weighted by molar-refractivity contribution is 6.10. The molecular weight excluding hydrogens is 478 g/mol. The van der Waals surface area contributed by atoms with Crippen molar-refractivity contribution in [3.63, 3.8) is 0 Å². The molecule has 0 saturated carbocycles. The summed E-state index contributed by atoms with van der Waals surface area (Å²) in [5, 5.41) is 9.27. The number of fused-ring (bicyclic) bond motifs is 6. The van der Waals surface area contributed by atoms with Crippen LogP contribution in [-0.4, -0.2) is 14.3 Å². The number of benzene rings is 5. The molecule has 0 bridgehead atoms. The third-order valence-electron chi connectivity index (χ3n) is 7.90. The van der Waals surface area contributed by atoms with Crippen molar-refractivity contribution in [1.29, 1.82) is 0 Å². The van der Waals surface area contributed by atoms with Crippen molar-refractivity contribution in [2.75, 3.05) is 0 Å². The largest absolute Gasteiger partial charge is 0.361 e. The van der Waals surface area contributed by atoms with Crippen LogP contribution in [0.1, 0.15) is 11.5 Å². The molecule has 0 aliphatic rings. The van der Waals surface area contributed by atoms with Gasteiger partial charge in [-0.15, -0.1) is 0 Å². The minimum atomic E-state index is 0.819. The standard InChI is InChI=1S/C35H25N3O/c1-22-35(23(2)39-36-22)24-19-25(37-31-15-7-3-11-27(31)28-12-4-8-16-32(28)37)21-26(20-24)38-33-17-9-5-13-29(33)30-14-6-10-18-34(30)38/h3-21H,1-2H3. The van der Waals surface area contributed by atoms with Crippen LogP contribution in [0.4, 0.5) is 0 Å². The lowest BCUT2D eigenvalue weighted by molar-refractivity contribution is 0.393. The van der Waals surface area contributed by atoms with E-state index in [1.54, 1.807) is 0 Å². The molecule has 0 N–H and O–H groups in total. The van der Waals surface area contributed by atoms with Gasteiger partial charge in [-0.3, -0.25) is 0 Å². The topological polar surface area (TPSA) is 35.9 Å². The molecule has 3 heterocycles. The van der Waals surface area contributed by atoms with Gasteiger partial charge in [-0.2, -0.15) is 0 Å². The average molecular weight is 504 g/mol. The Morgan fingerprint density at radius 1 is 0.513 bits per heavy atom. The zero-order chi connectivity index (χ0) is 26.1. The highest BCUT2D eigenvalue weighted by Crippen LogP contribution is 2.38. The molecule has 0 fully saturated rings. The summed E-state index contributed by atoms with van der Waals surface area (Å²) in [6.45, 7) is 4.00. The summed E-state index contributed by atoms with van der Waals surface area (Å²) in [6.07, 6.45) is 0. The number of hydrogen-bond acceptors (Lipinski definition) is 2. The fraction of sp³-hybridized carbons (Fsp3) is 0.0571. The maximum Gasteiger partial charge on any atom is 0.141 e. The third kappa shape index (κ3) is 3.15. The predicted octanol–water partition coefficient (Wildman–Crippen LogP) is 9.15. The minimum Gasteiger partial charge on any atom is -0.361 e. The molecule has 0 saturated heterocycles. The van der Waals surface area contributed by atoms with E-state index < -0.39 is 0 Å². The van der Waals surface area contributed by atoms with E-state index in [1.807, 2.05) is 13.8 Å². The summed E-state index contributed by atoms with van der Waals surface area (Å²) < 4.78 is 10.4. The van der Waals surface area contributed by atoms with Gasteiger partial charge in [-0.05, 0) is 61.9 Å². The molecule has 0 aliphatic carbocycles. The number of para-hydroxylation sites is 4. The zero-order valence-electron chi connectivity index (χ0n) is 21.7. The van der Waals surface area contributed by atoms with E-state index in [-0.39, 0.29) is 0 Å². The van der Waals surface area contributed by atoms with Crippen LogP contribution in [0.5, 0.6) is 0 Å². The van der Waals surface area contributed by atoms with E-state index in [2.05, 4.69) is 130 Å². The maximum absolute atomic E-state index is 5.63. The summed E-state index contributed by atoms with van der Waals surface area (Å²) in [5.74, 6) is 0.819. The molecule has 0 amide bonds. The highest BCUT2D eigenvalue weighted by atomic mass is 16.5. The van der Waals surface area contributed by atoms with Crippen LogP contribution >= 0.6 is 0 Å². The molecule has 0 unspecified atom stereocenters. The first kappa shape index (κ1) is 21.9. The van der Waals surface area contributed by atoms with Crippen LogP contribution in [0.3, 0.4) is 0 Å². The predicted molar refractivity (Wildman–Crippen MR) is 160 cm³/mol. The second-order valence-corrected chi connectivity index (χ2v) is 10.2. The first-order chi connectivity index (χ1) is 19.2. The molecule has 186 valence electrons. The Bertz CT molecular complexity index is 1950. The smallest absolute Gasteiger partial charge is 0.141 e. The quantitative estimate of drug-likeness (QED) is 0.241. The molecule has 4 heteroatoms. The zero-order valence-corrected chi connectivity index (χ0v) is 21.7. The van der Waals surface area contributed by atoms with Gasteiger partial charge in [0.1, 0.15) is 5.76 Å². The van der Waals surface area contributed by atoms with E-state index in [1.165, 1.54) is 43.6 Å². The Hall–Kier alpha value is -5.09. The normalized spacial score (nSPS) is 11.8. The molecule has 8 aromatic rings. The third-order valence-corrected chi connectivity index (χ3v) is 7.90. The summed E-state index contributed by atoms with van der Waals surface area (Å²) in [6, 6.07) is 41.4. The number of nitrogens with zero attached hydrogens (tertiary/aromatic N) is 3. The number of hydrogen-bond donors (Lipinski definition) is 0. The minimum absolute atomic E-state index is 0.819. The van der Waals surface area contributed by atoms with Gasteiger partial charge in [0.2, 0.25) is 0 Å². The van der Waals surface area contributed by atoms with Crippen molar-refractivity contribution >= 4 is 43.6 Å². The Labute approximate surface area is 225 Å². The summed E-state index contributed by atoms with van der Waals surface area (Å²) in [7, 11) is 0. The van der Waals surface area contributed by atoms with Crippen LogP contribution in [-0.2, 0) is 0 Å². The average Bonchev–Trinajstić information content (AvgIpc) is 3.61. The molecule has 0 atom stereocenters. The molecule has 0 aliphatic heterocycles. The first-order valence-electron chi connectivity index (χ1n) is 13.2. The Morgan fingerprint density at radius 2 is 0.897 bits per heavy atom. The molecule has 3 aromatic heterocycles. The first-order valence-corrected chi connectivity index (χ1v) is 13.2. The number of aromatic nitrogens is 3. The molecule has 5 aromatic carbocycles. The van der Waals surface area contributed by atoms with Crippen LogP contribution < -0.4 is 0 Å². The molecule has 0 radical (unpaired) electrons. The Balaban J connectivity index is 1.53. The molecule has 39 heavy (non-hydrogen) atoms. The van der Waals surface area contributed by atoms with Gasteiger partial charge >= 0.3 is 0 Å². The van der Waals surface area contributed by atoms with Crippen molar-refractivity contribution < 1.29 is 4.52 Å². The lowest BCUT2D eigenvalue weighted by Gasteiger charge is -2.15.